The van der Waals surface area contributed by atoms with Crippen LogP contribution in [0.1, 0.15) is 15.9 Å². The minimum Gasteiger partial charge on any atom is -0.507 e. The van der Waals surface area contributed by atoms with Gasteiger partial charge in [0.1, 0.15) is 5.75 Å². The number of halogens is 1. The molecule has 0 aliphatic rings. The van der Waals surface area contributed by atoms with Gasteiger partial charge in [-0.05, 0) is 36.8 Å². The number of hydrogen-bond acceptors (Lipinski definition) is 2. The molecule has 2 N–H and O–H groups in total. The lowest BCUT2D eigenvalue weighted by atomic mass is 10.1. The number of aromatic hydroxyl groups is 1. The van der Waals surface area contributed by atoms with Crippen LogP contribution in [0.15, 0.2) is 42.5 Å². The molecule has 4 heteroatoms. The summed E-state index contributed by atoms with van der Waals surface area (Å²) in [6.45, 7) is 1.89. The molecule has 92 valence electrons. The highest BCUT2D eigenvalue weighted by molar-refractivity contribution is 6.31. The van der Waals surface area contributed by atoms with E-state index in [2.05, 4.69) is 5.32 Å². The van der Waals surface area contributed by atoms with Crippen molar-refractivity contribution >= 4 is 23.2 Å². The zero-order valence-corrected chi connectivity index (χ0v) is 10.5. The molecule has 0 bridgehead atoms. The molecule has 0 spiro atoms. The molecule has 0 aliphatic carbocycles. The van der Waals surface area contributed by atoms with Gasteiger partial charge in [-0.3, -0.25) is 4.79 Å². The Hall–Kier alpha value is -2.00. The molecule has 0 fully saturated rings. The number of phenols is 1. The van der Waals surface area contributed by atoms with Gasteiger partial charge >= 0.3 is 0 Å². The Bertz CT molecular complexity index is 596. The molecule has 0 unspecified atom stereocenters. The predicted molar refractivity (Wildman–Crippen MR) is 72.2 cm³/mol. The Balaban J connectivity index is 2.22. The fourth-order valence-electron chi connectivity index (χ4n) is 1.53. The maximum absolute atomic E-state index is 11.9. The van der Waals surface area contributed by atoms with Crippen LogP contribution in [0.3, 0.4) is 0 Å². The average molecular weight is 262 g/mol. The van der Waals surface area contributed by atoms with E-state index in [9.17, 15) is 9.90 Å². The van der Waals surface area contributed by atoms with Gasteiger partial charge in [-0.25, -0.2) is 0 Å². The fourth-order valence-corrected chi connectivity index (χ4v) is 1.72. The van der Waals surface area contributed by atoms with E-state index in [1.165, 1.54) is 6.07 Å². The van der Waals surface area contributed by atoms with Gasteiger partial charge in [-0.15, -0.1) is 0 Å². The van der Waals surface area contributed by atoms with E-state index in [0.29, 0.717) is 10.7 Å². The number of rotatable bonds is 2. The molecular weight excluding hydrogens is 250 g/mol. The van der Waals surface area contributed by atoms with Crippen molar-refractivity contribution in [2.45, 2.75) is 6.92 Å². The second-order valence-electron chi connectivity index (χ2n) is 3.94. The summed E-state index contributed by atoms with van der Waals surface area (Å²) >= 11 is 5.97. The molecule has 2 aromatic rings. The predicted octanol–water partition coefficient (Wildman–Crippen LogP) is 3.61. The van der Waals surface area contributed by atoms with Crippen molar-refractivity contribution in [1.82, 2.24) is 0 Å². The van der Waals surface area contributed by atoms with Gasteiger partial charge in [0.15, 0.2) is 0 Å². The summed E-state index contributed by atoms with van der Waals surface area (Å²) in [5.41, 5.74) is 1.77. The molecule has 0 atom stereocenters. The highest BCUT2D eigenvalue weighted by atomic mass is 35.5. The van der Waals surface area contributed by atoms with Gasteiger partial charge in [-0.2, -0.15) is 0 Å². The number of carbonyl (C=O) groups excluding carboxylic acids is 1. The molecule has 18 heavy (non-hydrogen) atoms. The quantitative estimate of drug-likeness (QED) is 0.868. The number of phenolic OH excluding ortho intramolecular Hbond substituents is 1. The van der Waals surface area contributed by atoms with Gasteiger partial charge < -0.3 is 10.4 Å². The third-order valence-corrected chi connectivity index (χ3v) is 2.99. The molecule has 0 aromatic heterocycles. The zero-order valence-electron chi connectivity index (χ0n) is 9.77. The van der Waals surface area contributed by atoms with Crippen molar-refractivity contribution in [3.8, 4) is 5.75 Å². The summed E-state index contributed by atoms with van der Waals surface area (Å²) in [7, 11) is 0. The maximum atomic E-state index is 11.9. The first-order valence-electron chi connectivity index (χ1n) is 5.43. The molecular formula is C14H12ClNO2. The van der Waals surface area contributed by atoms with Gasteiger partial charge in [0.05, 0.1) is 5.56 Å². The molecule has 2 aromatic carbocycles. The fraction of sp³-hybridized carbons (Fsp3) is 0.0714. The van der Waals surface area contributed by atoms with Crippen molar-refractivity contribution in [3.05, 3.63) is 58.6 Å². The first kappa shape index (κ1) is 12.5. The number of carbonyl (C=O) groups is 1. The van der Waals surface area contributed by atoms with Crippen LogP contribution in [0.5, 0.6) is 5.75 Å². The largest absolute Gasteiger partial charge is 0.507 e. The third kappa shape index (κ3) is 2.63. The van der Waals surface area contributed by atoms with Crippen LogP contribution in [-0.4, -0.2) is 11.0 Å². The highest BCUT2D eigenvalue weighted by Crippen LogP contribution is 2.22. The normalized spacial score (nSPS) is 10.1. The Morgan fingerprint density at radius 1 is 1.22 bits per heavy atom. The number of benzene rings is 2. The van der Waals surface area contributed by atoms with E-state index in [1.807, 2.05) is 13.0 Å². The summed E-state index contributed by atoms with van der Waals surface area (Å²) in [6.07, 6.45) is 0. The summed E-state index contributed by atoms with van der Waals surface area (Å²) in [4.78, 5) is 11.9. The van der Waals surface area contributed by atoms with E-state index >= 15 is 0 Å². The van der Waals surface area contributed by atoms with Crippen molar-refractivity contribution in [1.29, 1.82) is 0 Å². The van der Waals surface area contributed by atoms with Gasteiger partial charge in [0.2, 0.25) is 0 Å². The van der Waals surface area contributed by atoms with E-state index in [-0.39, 0.29) is 17.2 Å². The van der Waals surface area contributed by atoms with Gasteiger partial charge in [0.25, 0.3) is 5.91 Å². The maximum Gasteiger partial charge on any atom is 0.259 e. The Labute approximate surface area is 110 Å². The van der Waals surface area contributed by atoms with Crippen molar-refractivity contribution < 1.29 is 9.90 Å². The lowest BCUT2D eigenvalue weighted by Crippen LogP contribution is -2.11. The van der Waals surface area contributed by atoms with E-state index in [0.717, 1.165) is 5.56 Å². The lowest BCUT2D eigenvalue weighted by molar-refractivity contribution is 0.102. The first-order valence-corrected chi connectivity index (χ1v) is 5.81. The van der Waals surface area contributed by atoms with E-state index in [1.54, 1.807) is 30.3 Å². The summed E-state index contributed by atoms with van der Waals surface area (Å²) in [6, 6.07) is 11.6. The molecule has 0 heterocycles. The topological polar surface area (TPSA) is 49.3 Å². The zero-order chi connectivity index (χ0) is 13.1. The monoisotopic (exact) mass is 261 g/mol. The lowest BCUT2D eigenvalue weighted by Gasteiger charge is -2.07. The third-order valence-electron chi connectivity index (χ3n) is 2.58. The first-order chi connectivity index (χ1) is 8.58. The van der Waals surface area contributed by atoms with Gasteiger partial charge in [-0.1, -0.05) is 29.8 Å². The minimum atomic E-state index is -0.368. The summed E-state index contributed by atoms with van der Waals surface area (Å²) in [5.74, 6) is -0.416. The molecule has 3 nitrogen and oxygen atoms in total. The van der Waals surface area contributed by atoms with E-state index in [4.69, 9.17) is 11.6 Å². The van der Waals surface area contributed by atoms with Crippen LogP contribution < -0.4 is 5.32 Å². The Morgan fingerprint density at radius 3 is 2.61 bits per heavy atom. The van der Waals surface area contributed by atoms with Crippen molar-refractivity contribution in [3.63, 3.8) is 0 Å². The molecule has 0 radical (unpaired) electrons. The second kappa shape index (κ2) is 5.10. The van der Waals surface area contributed by atoms with Crippen LogP contribution in [0.2, 0.25) is 5.02 Å². The number of aryl methyl sites for hydroxylation is 1. The number of hydrogen-bond donors (Lipinski definition) is 2. The number of amides is 1. The number of anilines is 1. The molecule has 0 aliphatic heterocycles. The smallest absolute Gasteiger partial charge is 0.259 e. The average Bonchev–Trinajstić information content (AvgIpc) is 2.34. The van der Waals surface area contributed by atoms with Crippen LogP contribution in [0.4, 0.5) is 5.69 Å². The summed E-state index contributed by atoms with van der Waals surface area (Å²) in [5, 5.41) is 12.8. The second-order valence-corrected chi connectivity index (χ2v) is 4.34. The van der Waals surface area contributed by atoms with Crippen LogP contribution in [-0.2, 0) is 0 Å². The van der Waals surface area contributed by atoms with Crippen LogP contribution in [0.25, 0.3) is 0 Å². The van der Waals surface area contributed by atoms with Crippen LogP contribution >= 0.6 is 11.6 Å². The number of nitrogens with one attached hydrogen (secondary N) is 1. The molecule has 0 saturated heterocycles. The van der Waals surface area contributed by atoms with Crippen molar-refractivity contribution in [2.75, 3.05) is 5.32 Å². The number of para-hydroxylation sites is 1. The summed E-state index contributed by atoms with van der Waals surface area (Å²) < 4.78 is 0. The SMILES string of the molecule is Cc1ccc(NC(=O)c2ccccc2O)cc1Cl. The minimum absolute atomic E-state index is 0.0480. The van der Waals surface area contributed by atoms with Crippen molar-refractivity contribution in [2.24, 2.45) is 0 Å². The van der Waals surface area contributed by atoms with Gasteiger partial charge in [0, 0.05) is 10.7 Å². The molecule has 1 amide bonds. The Morgan fingerprint density at radius 2 is 1.94 bits per heavy atom. The Kier molecular flexibility index (Phi) is 3.53. The highest BCUT2D eigenvalue weighted by Gasteiger charge is 2.10. The standard InChI is InChI=1S/C14H12ClNO2/c1-9-6-7-10(8-12(9)15)16-14(18)11-4-2-3-5-13(11)17/h2-8,17H,1H3,(H,16,18). The van der Waals surface area contributed by atoms with Crippen LogP contribution in [0, 0.1) is 6.92 Å². The molecule has 0 saturated carbocycles. The molecule has 2 rings (SSSR count). The van der Waals surface area contributed by atoms with E-state index < -0.39 is 0 Å².